The molecule has 4 rings (SSSR count). The van der Waals surface area contributed by atoms with Crippen LogP contribution in [0.4, 0.5) is 0 Å². The molecule has 9 heteroatoms. The Labute approximate surface area is 227 Å². The third-order valence-electron chi connectivity index (χ3n) is 7.44. The number of piperidine rings is 1. The quantitative estimate of drug-likeness (QED) is 0.422. The number of carbonyl (C=O) groups is 3. The Hall–Kier alpha value is -2.61. The standard InChI is InChI=1S/C28H32Cl2N2O5/c1-17(33)36-22-6-4-5-20(13-22)28-9-10-32(3)16-23(28)26(37-18(2)34)14-21(15-28)31-27(35)12-19-7-8-24(29)25(30)11-19/h4-8,11,13,21,23,26H,9-10,12,14-16H2,1-3H3,(H,31,35)/t21-,23-,26?,28-/m0/s1. The van der Waals surface area contributed by atoms with Crippen molar-refractivity contribution in [3.8, 4) is 5.75 Å². The second-order valence-electron chi connectivity index (χ2n) is 10.2. The van der Waals surface area contributed by atoms with E-state index in [0.717, 1.165) is 30.6 Å². The molecule has 1 saturated carbocycles. The van der Waals surface area contributed by atoms with Crippen molar-refractivity contribution in [1.82, 2.24) is 10.2 Å². The summed E-state index contributed by atoms with van der Waals surface area (Å²) in [6.45, 7) is 4.40. The fourth-order valence-corrected chi connectivity index (χ4v) is 6.27. The fraction of sp³-hybridized carbons (Fsp3) is 0.464. The molecule has 2 aromatic carbocycles. The number of hydrogen-bond acceptors (Lipinski definition) is 6. The number of amides is 1. The summed E-state index contributed by atoms with van der Waals surface area (Å²) in [6, 6.07) is 12.5. The molecule has 0 bridgehead atoms. The maximum absolute atomic E-state index is 13.1. The molecular formula is C28H32Cl2N2O5. The van der Waals surface area contributed by atoms with Crippen LogP contribution >= 0.6 is 23.2 Å². The van der Waals surface area contributed by atoms with Gasteiger partial charge >= 0.3 is 11.9 Å². The summed E-state index contributed by atoms with van der Waals surface area (Å²) in [4.78, 5) is 39.0. The van der Waals surface area contributed by atoms with Gasteiger partial charge in [-0.1, -0.05) is 41.4 Å². The molecule has 7 nitrogen and oxygen atoms in total. The Morgan fingerprint density at radius 3 is 2.57 bits per heavy atom. The molecule has 2 aliphatic rings. The summed E-state index contributed by atoms with van der Waals surface area (Å²) < 4.78 is 11.3. The van der Waals surface area contributed by atoms with Gasteiger partial charge in [-0.25, -0.2) is 0 Å². The maximum atomic E-state index is 13.1. The summed E-state index contributed by atoms with van der Waals surface area (Å²) in [5.41, 5.74) is 1.41. The normalized spacial score (nSPS) is 25.6. The highest BCUT2D eigenvalue weighted by molar-refractivity contribution is 6.42. The average Bonchev–Trinajstić information content (AvgIpc) is 2.81. The van der Waals surface area contributed by atoms with Crippen LogP contribution in [0.1, 0.15) is 44.2 Å². The number of benzene rings is 2. The van der Waals surface area contributed by atoms with Crippen molar-refractivity contribution in [2.45, 2.75) is 57.1 Å². The van der Waals surface area contributed by atoms with Crippen LogP contribution in [-0.4, -0.2) is 55.0 Å². The number of halogens is 2. The molecule has 1 N–H and O–H groups in total. The third-order valence-corrected chi connectivity index (χ3v) is 8.17. The van der Waals surface area contributed by atoms with Gasteiger partial charge in [-0.3, -0.25) is 14.4 Å². The Kier molecular flexibility index (Phi) is 8.46. The molecule has 0 radical (unpaired) electrons. The molecule has 0 spiro atoms. The fourth-order valence-electron chi connectivity index (χ4n) is 5.95. The SMILES string of the molecule is CC(=O)Oc1cccc([C@@]23CCN(C)C[C@H]2C(OC(C)=O)C[C@H](NC(=O)Cc2ccc(Cl)c(Cl)c2)C3)c1. The van der Waals surface area contributed by atoms with Gasteiger partial charge in [0.2, 0.25) is 5.91 Å². The van der Waals surface area contributed by atoms with Crippen molar-refractivity contribution in [3.05, 3.63) is 63.6 Å². The monoisotopic (exact) mass is 546 g/mol. The van der Waals surface area contributed by atoms with Gasteiger partial charge in [-0.05, 0) is 61.8 Å². The van der Waals surface area contributed by atoms with E-state index in [-0.39, 0.29) is 47.7 Å². The predicted octanol–water partition coefficient (Wildman–Crippen LogP) is 4.56. The van der Waals surface area contributed by atoms with E-state index in [9.17, 15) is 14.4 Å². The Balaban J connectivity index is 1.64. The van der Waals surface area contributed by atoms with Gasteiger partial charge in [0, 0.05) is 44.2 Å². The number of hydrogen-bond donors (Lipinski definition) is 1. The van der Waals surface area contributed by atoms with Crippen LogP contribution in [0.5, 0.6) is 5.75 Å². The van der Waals surface area contributed by atoms with Crippen LogP contribution in [0.2, 0.25) is 10.0 Å². The zero-order chi connectivity index (χ0) is 26.7. The van der Waals surface area contributed by atoms with Crippen molar-refractivity contribution in [3.63, 3.8) is 0 Å². The summed E-state index contributed by atoms with van der Waals surface area (Å²) in [7, 11) is 2.06. The first-order valence-corrected chi connectivity index (χ1v) is 13.2. The molecule has 37 heavy (non-hydrogen) atoms. The molecule has 1 amide bonds. The van der Waals surface area contributed by atoms with E-state index in [1.54, 1.807) is 24.3 Å². The molecule has 2 aromatic rings. The van der Waals surface area contributed by atoms with Gasteiger partial charge < -0.3 is 19.7 Å². The zero-order valence-corrected chi connectivity index (χ0v) is 22.8. The molecule has 1 saturated heterocycles. The lowest BCUT2D eigenvalue weighted by atomic mass is 9.57. The maximum Gasteiger partial charge on any atom is 0.308 e. The second-order valence-corrected chi connectivity index (χ2v) is 11.0. The summed E-state index contributed by atoms with van der Waals surface area (Å²) in [5.74, 6) is -0.370. The number of carbonyl (C=O) groups excluding carboxylic acids is 3. The number of esters is 2. The first kappa shape index (κ1) is 27.4. The lowest BCUT2D eigenvalue weighted by Gasteiger charge is -2.55. The first-order valence-electron chi connectivity index (χ1n) is 12.4. The number of fused-ring (bicyclic) bond motifs is 1. The molecule has 4 atom stereocenters. The topological polar surface area (TPSA) is 84.9 Å². The minimum absolute atomic E-state index is 0.0194. The number of rotatable bonds is 6. The molecule has 1 unspecified atom stereocenters. The van der Waals surface area contributed by atoms with Crippen LogP contribution in [0.15, 0.2) is 42.5 Å². The van der Waals surface area contributed by atoms with Crippen molar-refractivity contribution < 1.29 is 23.9 Å². The van der Waals surface area contributed by atoms with Gasteiger partial charge in [0.15, 0.2) is 0 Å². The number of nitrogens with one attached hydrogen (secondary N) is 1. The van der Waals surface area contributed by atoms with E-state index in [2.05, 4.69) is 17.3 Å². The van der Waals surface area contributed by atoms with Crippen molar-refractivity contribution in [2.75, 3.05) is 20.1 Å². The third kappa shape index (κ3) is 6.46. The highest BCUT2D eigenvalue weighted by Crippen LogP contribution is 2.50. The molecule has 198 valence electrons. The van der Waals surface area contributed by atoms with E-state index < -0.39 is 0 Å². The number of ether oxygens (including phenoxy) is 2. The van der Waals surface area contributed by atoms with E-state index in [4.69, 9.17) is 32.7 Å². The minimum Gasteiger partial charge on any atom is -0.462 e. The predicted molar refractivity (Wildman–Crippen MR) is 142 cm³/mol. The van der Waals surface area contributed by atoms with Crippen LogP contribution in [0.3, 0.4) is 0 Å². The van der Waals surface area contributed by atoms with E-state index >= 15 is 0 Å². The minimum atomic E-state index is -0.386. The van der Waals surface area contributed by atoms with E-state index in [0.29, 0.717) is 28.6 Å². The largest absolute Gasteiger partial charge is 0.462 e. The second kappa shape index (κ2) is 11.4. The van der Waals surface area contributed by atoms with Crippen LogP contribution in [-0.2, 0) is 31.0 Å². The average molecular weight is 547 g/mol. The number of likely N-dealkylation sites (tertiary alicyclic amines) is 1. The lowest BCUT2D eigenvalue weighted by Crippen LogP contribution is -2.61. The van der Waals surface area contributed by atoms with Gasteiger partial charge in [0.05, 0.1) is 16.5 Å². The van der Waals surface area contributed by atoms with E-state index in [1.165, 1.54) is 13.8 Å². The zero-order valence-electron chi connectivity index (χ0n) is 21.3. The van der Waals surface area contributed by atoms with Crippen molar-refractivity contribution >= 4 is 41.0 Å². The molecule has 0 aromatic heterocycles. The van der Waals surface area contributed by atoms with Gasteiger partial charge in [0.25, 0.3) is 0 Å². The van der Waals surface area contributed by atoms with Crippen LogP contribution in [0.25, 0.3) is 0 Å². The summed E-state index contributed by atoms with van der Waals surface area (Å²) in [6.07, 6.45) is 1.80. The lowest BCUT2D eigenvalue weighted by molar-refractivity contribution is -0.157. The summed E-state index contributed by atoms with van der Waals surface area (Å²) >= 11 is 12.1. The molecule has 1 aliphatic carbocycles. The van der Waals surface area contributed by atoms with Crippen LogP contribution in [0, 0.1) is 5.92 Å². The molecule has 2 fully saturated rings. The molecule has 1 aliphatic heterocycles. The van der Waals surface area contributed by atoms with Gasteiger partial charge in [-0.2, -0.15) is 0 Å². The number of nitrogens with zero attached hydrogens (tertiary/aromatic N) is 1. The Morgan fingerprint density at radius 2 is 1.86 bits per heavy atom. The highest BCUT2D eigenvalue weighted by Gasteiger charge is 2.53. The Morgan fingerprint density at radius 1 is 1.08 bits per heavy atom. The van der Waals surface area contributed by atoms with Gasteiger partial charge in [0.1, 0.15) is 11.9 Å². The molecular weight excluding hydrogens is 515 g/mol. The smallest absolute Gasteiger partial charge is 0.308 e. The van der Waals surface area contributed by atoms with Gasteiger partial charge in [-0.15, -0.1) is 0 Å². The van der Waals surface area contributed by atoms with Crippen molar-refractivity contribution in [1.29, 1.82) is 0 Å². The highest BCUT2D eigenvalue weighted by atomic mass is 35.5. The summed E-state index contributed by atoms with van der Waals surface area (Å²) in [5, 5.41) is 4.03. The Bertz CT molecular complexity index is 1190. The van der Waals surface area contributed by atoms with Crippen LogP contribution < -0.4 is 10.1 Å². The first-order chi connectivity index (χ1) is 17.6. The van der Waals surface area contributed by atoms with Crippen molar-refractivity contribution in [2.24, 2.45) is 5.92 Å². The molecule has 1 heterocycles. The van der Waals surface area contributed by atoms with E-state index in [1.807, 2.05) is 18.2 Å².